The third-order valence-corrected chi connectivity index (χ3v) is 3.24. The maximum atomic E-state index is 13.1. The van der Waals surface area contributed by atoms with Crippen LogP contribution in [0.1, 0.15) is 23.0 Å². The zero-order chi connectivity index (χ0) is 15.7. The van der Waals surface area contributed by atoms with Gasteiger partial charge in [0.25, 0.3) is 0 Å². The van der Waals surface area contributed by atoms with Crippen molar-refractivity contribution in [2.75, 3.05) is 6.61 Å². The number of carbonyl (C=O) groups is 1. The molecule has 3 rings (SSSR count). The van der Waals surface area contributed by atoms with Crippen LogP contribution >= 0.6 is 0 Å². The lowest BCUT2D eigenvalue weighted by molar-refractivity contribution is 0.0528. The molecule has 112 valence electrons. The molecule has 22 heavy (non-hydrogen) atoms. The summed E-state index contributed by atoms with van der Waals surface area (Å²) in [7, 11) is 0. The van der Waals surface area contributed by atoms with Gasteiger partial charge in [-0.1, -0.05) is 0 Å². The molecule has 2 heterocycles. The Balaban J connectivity index is 2.20. The SMILES string of the molecule is CCOC(=O)c1cnn2c(-c3ccc(F)cc3)cc(C)nc12. The molecule has 2 aromatic heterocycles. The summed E-state index contributed by atoms with van der Waals surface area (Å²) in [6.07, 6.45) is 1.44. The molecule has 0 spiro atoms. The number of rotatable bonds is 3. The van der Waals surface area contributed by atoms with Crippen molar-refractivity contribution in [3.8, 4) is 11.3 Å². The number of hydrogen-bond acceptors (Lipinski definition) is 4. The molecule has 0 saturated heterocycles. The monoisotopic (exact) mass is 299 g/mol. The van der Waals surface area contributed by atoms with E-state index < -0.39 is 5.97 Å². The number of hydrogen-bond donors (Lipinski definition) is 0. The molecule has 0 N–H and O–H groups in total. The number of esters is 1. The van der Waals surface area contributed by atoms with E-state index in [1.807, 2.05) is 13.0 Å². The average Bonchev–Trinajstić information content (AvgIpc) is 2.91. The van der Waals surface area contributed by atoms with Crippen molar-refractivity contribution in [3.63, 3.8) is 0 Å². The van der Waals surface area contributed by atoms with Crippen LogP contribution in [0.5, 0.6) is 0 Å². The number of aryl methyl sites for hydroxylation is 1. The number of nitrogens with zero attached hydrogens (tertiary/aromatic N) is 3. The summed E-state index contributed by atoms with van der Waals surface area (Å²) in [5, 5.41) is 4.22. The molecule has 0 radical (unpaired) electrons. The lowest BCUT2D eigenvalue weighted by Crippen LogP contribution is -2.06. The van der Waals surface area contributed by atoms with Crippen LogP contribution in [0.2, 0.25) is 0 Å². The minimum Gasteiger partial charge on any atom is -0.462 e. The van der Waals surface area contributed by atoms with E-state index in [-0.39, 0.29) is 12.4 Å². The van der Waals surface area contributed by atoms with Crippen LogP contribution in [-0.4, -0.2) is 27.2 Å². The maximum absolute atomic E-state index is 13.1. The molecule has 0 unspecified atom stereocenters. The van der Waals surface area contributed by atoms with Crippen LogP contribution < -0.4 is 0 Å². The number of benzene rings is 1. The van der Waals surface area contributed by atoms with Crippen LogP contribution in [-0.2, 0) is 4.74 Å². The lowest BCUT2D eigenvalue weighted by Gasteiger charge is -2.07. The zero-order valence-electron chi connectivity index (χ0n) is 12.2. The highest BCUT2D eigenvalue weighted by Gasteiger charge is 2.18. The summed E-state index contributed by atoms with van der Waals surface area (Å²) in [6, 6.07) is 7.92. The van der Waals surface area contributed by atoms with E-state index in [1.54, 1.807) is 23.6 Å². The van der Waals surface area contributed by atoms with Gasteiger partial charge in [0.1, 0.15) is 11.4 Å². The van der Waals surface area contributed by atoms with E-state index in [2.05, 4.69) is 10.1 Å². The normalized spacial score (nSPS) is 10.9. The molecule has 1 aromatic carbocycles. The summed E-state index contributed by atoms with van der Waals surface area (Å²) in [4.78, 5) is 16.3. The van der Waals surface area contributed by atoms with Crippen molar-refractivity contribution in [2.24, 2.45) is 0 Å². The lowest BCUT2D eigenvalue weighted by atomic mass is 10.1. The smallest absolute Gasteiger partial charge is 0.343 e. The zero-order valence-corrected chi connectivity index (χ0v) is 12.2. The minimum atomic E-state index is -0.458. The minimum absolute atomic E-state index is 0.285. The first-order valence-corrected chi connectivity index (χ1v) is 6.88. The molecular formula is C16H14FN3O2. The van der Waals surface area contributed by atoms with E-state index in [1.165, 1.54) is 18.3 Å². The Morgan fingerprint density at radius 2 is 2.05 bits per heavy atom. The molecule has 0 aliphatic rings. The van der Waals surface area contributed by atoms with Gasteiger partial charge in [-0.05, 0) is 44.2 Å². The van der Waals surface area contributed by atoms with Crippen molar-refractivity contribution in [1.82, 2.24) is 14.6 Å². The van der Waals surface area contributed by atoms with Gasteiger partial charge < -0.3 is 4.74 Å². The Morgan fingerprint density at radius 3 is 2.73 bits per heavy atom. The molecule has 0 saturated carbocycles. The molecule has 3 aromatic rings. The highest BCUT2D eigenvalue weighted by molar-refractivity contribution is 5.96. The molecular weight excluding hydrogens is 285 g/mol. The van der Waals surface area contributed by atoms with Crippen LogP contribution in [0.4, 0.5) is 4.39 Å². The van der Waals surface area contributed by atoms with Crippen LogP contribution in [0.15, 0.2) is 36.5 Å². The van der Waals surface area contributed by atoms with Gasteiger partial charge in [-0.15, -0.1) is 0 Å². The predicted molar refractivity (Wildman–Crippen MR) is 79.1 cm³/mol. The van der Waals surface area contributed by atoms with Crippen molar-refractivity contribution in [2.45, 2.75) is 13.8 Å². The Hall–Kier alpha value is -2.76. The fourth-order valence-corrected chi connectivity index (χ4v) is 2.26. The number of halogens is 1. The van der Waals surface area contributed by atoms with E-state index in [4.69, 9.17) is 4.74 Å². The molecule has 0 bridgehead atoms. The molecule has 0 atom stereocenters. The molecule has 0 aliphatic heterocycles. The molecule has 0 fully saturated rings. The quantitative estimate of drug-likeness (QED) is 0.698. The average molecular weight is 299 g/mol. The number of aromatic nitrogens is 3. The highest BCUT2D eigenvalue weighted by atomic mass is 19.1. The second kappa shape index (κ2) is 5.55. The number of ether oxygens (including phenoxy) is 1. The first kappa shape index (κ1) is 14.2. The summed E-state index contributed by atoms with van der Waals surface area (Å²) >= 11 is 0. The summed E-state index contributed by atoms with van der Waals surface area (Å²) in [5.41, 5.74) is 3.00. The maximum Gasteiger partial charge on any atom is 0.343 e. The molecule has 6 heteroatoms. The highest BCUT2D eigenvalue weighted by Crippen LogP contribution is 2.23. The number of carbonyl (C=O) groups excluding carboxylic acids is 1. The fraction of sp³-hybridized carbons (Fsp3) is 0.188. The Kier molecular flexibility index (Phi) is 3.58. The summed E-state index contributed by atoms with van der Waals surface area (Å²) in [6.45, 7) is 3.86. The second-order valence-corrected chi connectivity index (χ2v) is 4.80. The molecule has 0 amide bonds. The van der Waals surface area contributed by atoms with Crippen LogP contribution in [0.25, 0.3) is 16.9 Å². The Labute approximate surface area is 126 Å². The van der Waals surface area contributed by atoms with E-state index in [0.29, 0.717) is 11.2 Å². The van der Waals surface area contributed by atoms with Gasteiger partial charge in [0.05, 0.1) is 18.5 Å². The van der Waals surface area contributed by atoms with E-state index >= 15 is 0 Å². The van der Waals surface area contributed by atoms with Gasteiger partial charge in [-0.3, -0.25) is 0 Å². The van der Waals surface area contributed by atoms with Gasteiger partial charge in [0.2, 0.25) is 0 Å². The Bertz CT molecular complexity index is 840. The Morgan fingerprint density at radius 1 is 1.32 bits per heavy atom. The van der Waals surface area contributed by atoms with Gasteiger partial charge in [-0.25, -0.2) is 18.7 Å². The third-order valence-electron chi connectivity index (χ3n) is 3.24. The first-order chi connectivity index (χ1) is 10.6. The van der Waals surface area contributed by atoms with E-state index in [9.17, 15) is 9.18 Å². The first-order valence-electron chi connectivity index (χ1n) is 6.88. The summed E-state index contributed by atoms with van der Waals surface area (Å²) < 4.78 is 19.7. The standard InChI is InChI=1S/C16H14FN3O2/c1-3-22-16(21)13-9-18-20-14(8-10(2)19-15(13)20)11-4-6-12(17)7-5-11/h4-9H,3H2,1-2H3. The fourth-order valence-electron chi connectivity index (χ4n) is 2.26. The van der Waals surface area contributed by atoms with Crippen molar-refractivity contribution >= 4 is 11.6 Å². The van der Waals surface area contributed by atoms with Gasteiger partial charge in [-0.2, -0.15) is 5.10 Å². The second-order valence-electron chi connectivity index (χ2n) is 4.80. The predicted octanol–water partition coefficient (Wildman–Crippen LogP) is 3.02. The van der Waals surface area contributed by atoms with Crippen LogP contribution in [0, 0.1) is 12.7 Å². The molecule has 0 aliphatic carbocycles. The van der Waals surface area contributed by atoms with E-state index in [0.717, 1.165) is 17.0 Å². The van der Waals surface area contributed by atoms with Crippen molar-refractivity contribution < 1.29 is 13.9 Å². The topological polar surface area (TPSA) is 56.5 Å². The van der Waals surface area contributed by atoms with Crippen molar-refractivity contribution in [3.05, 3.63) is 53.6 Å². The van der Waals surface area contributed by atoms with Gasteiger partial charge in [0, 0.05) is 11.3 Å². The van der Waals surface area contributed by atoms with Crippen molar-refractivity contribution in [1.29, 1.82) is 0 Å². The molecule has 5 nitrogen and oxygen atoms in total. The van der Waals surface area contributed by atoms with Gasteiger partial charge in [0.15, 0.2) is 5.65 Å². The van der Waals surface area contributed by atoms with Crippen LogP contribution in [0.3, 0.4) is 0 Å². The summed E-state index contributed by atoms with van der Waals surface area (Å²) in [5.74, 6) is -0.765. The largest absolute Gasteiger partial charge is 0.462 e. The number of fused-ring (bicyclic) bond motifs is 1. The van der Waals surface area contributed by atoms with Gasteiger partial charge >= 0.3 is 5.97 Å². The third kappa shape index (κ3) is 2.43.